The molecule has 154 valence electrons. The quantitative estimate of drug-likeness (QED) is 0.606. The van der Waals surface area contributed by atoms with Gasteiger partial charge in [0.05, 0.1) is 22.9 Å². The van der Waals surface area contributed by atoms with Crippen LogP contribution in [0.25, 0.3) is 5.69 Å². The maximum Gasteiger partial charge on any atom is 0.295 e. The summed E-state index contributed by atoms with van der Waals surface area (Å²) in [5, 5.41) is 2.69. The van der Waals surface area contributed by atoms with Crippen LogP contribution in [-0.2, 0) is 16.6 Å². The van der Waals surface area contributed by atoms with Crippen LogP contribution in [0.3, 0.4) is 0 Å². The summed E-state index contributed by atoms with van der Waals surface area (Å²) in [6.45, 7) is 9.90. The molecule has 0 spiro atoms. The van der Waals surface area contributed by atoms with Gasteiger partial charge in [0.15, 0.2) is 0 Å². The molecule has 0 bridgehead atoms. The topological polar surface area (TPSA) is 76.3 Å². The van der Waals surface area contributed by atoms with Gasteiger partial charge in [-0.25, -0.2) is 4.68 Å². The zero-order valence-electron chi connectivity index (χ0n) is 16.8. The SMILES string of the molecule is C=CCN(CC=C)C(=O)CSCC(=O)Nc1c(C)n(C)n(-c2ccccc2)c1=O. The highest BCUT2D eigenvalue weighted by atomic mass is 32.2. The van der Waals surface area contributed by atoms with E-state index in [1.807, 2.05) is 30.3 Å². The van der Waals surface area contributed by atoms with Gasteiger partial charge < -0.3 is 10.2 Å². The van der Waals surface area contributed by atoms with Crippen LogP contribution < -0.4 is 10.9 Å². The number of nitrogens with zero attached hydrogens (tertiary/aromatic N) is 3. The fraction of sp³-hybridized carbons (Fsp3) is 0.286. The number of hydrogen-bond donors (Lipinski definition) is 1. The minimum absolute atomic E-state index is 0.0703. The molecule has 2 rings (SSSR count). The Labute approximate surface area is 174 Å². The summed E-state index contributed by atoms with van der Waals surface area (Å²) in [5.41, 5.74) is 1.31. The van der Waals surface area contributed by atoms with Crippen molar-refractivity contribution < 1.29 is 9.59 Å². The summed E-state index contributed by atoms with van der Waals surface area (Å²) < 4.78 is 3.20. The highest BCUT2D eigenvalue weighted by Crippen LogP contribution is 2.14. The maximum absolute atomic E-state index is 12.8. The van der Waals surface area contributed by atoms with Crippen LogP contribution in [-0.4, -0.2) is 50.7 Å². The molecule has 0 radical (unpaired) electrons. The molecule has 0 aliphatic carbocycles. The van der Waals surface area contributed by atoms with Gasteiger partial charge in [-0.15, -0.1) is 24.9 Å². The van der Waals surface area contributed by atoms with Crippen molar-refractivity contribution in [2.45, 2.75) is 6.92 Å². The first-order chi connectivity index (χ1) is 13.9. The Balaban J connectivity index is 2.01. The molecule has 0 fully saturated rings. The molecule has 1 aromatic carbocycles. The van der Waals surface area contributed by atoms with Gasteiger partial charge >= 0.3 is 0 Å². The summed E-state index contributed by atoms with van der Waals surface area (Å²) in [7, 11) is 1.76. The van der Waals surface area contributed by atoms with Crippen molar-refractivity contribution in [1.29, 1.82) is 0 Å². The van der Waals surface area contributed by atoms with Crippen LogP contribution in [0.2, 0.25) is 0 Å². The molecule has 29 heavy (non-hydrogen) atoms. The predicted octanol–water partition coefficient (Wildman–Crippen LogP) is 2.36. The molecule has 1 aromatic heterocycles. The highest BCUT2D eigenvalue weighted by molar-refractivity contribution is 8.00. The lowest BCUT2D eigenvalue weighted by Crippen LogP contribution is -2.33. The molecule has 7 nitrogen and oxygen atoms in total. The van der Waals surface area contributed by atoms with Crippen LogP contribution in [0.1, 0.15) is 5.69 Å². The number of benzene rings is 1. The van der Waals surface area contributed by atoms with Crippen molar-refractivity contribution in [2.75, 3.05) is 29.9 Å². The monoisotopic (exact) mass is 414 g/mol. The van der Waals surface area contributed by atoms with Gasteiger partial charge in [-0.3, -0.25) is 19.1 Å². The average molecular weight is 415 g/mol. The summed E-state index contributed by atoms with van der Waals surface area (Å²) in [6.07, 6.45) is 3.30. The lowest BCUT2D eigenvalue weighted by molar-refractivity contribution is -0.127. The first kappa shape index (κ1) is 22.3. The molecule has 2 aromatic rings. The van der Waals surface area contributed by atoms with Gasteiger partial charge in [0.1, 0.15) is 5.69 Å². The van der Waals surface area contributed by atoms with Crippen molar-refractivity contribution in [3.63, 3.8) is 0 Å². The Morgan fingerprint density at radius 2 is 1.76 bits per heavy atom. The second-order valence-corrected chi connectivity index (χ2v) is 7.34. The van der Waals surface area contributed by atoms with Crippen molar-refractivity contribution in [2.24, 2.45) is 7.05 Å². The number of amides is 2. The van der Waals surface area contributed by atoms with Crippen molar-refractivity contribution >= 4 is 29.3 Å². The molecule has 1 N–H and O–H groups in total. The molecular weight excluding hydrogens is 388 g/mol. The standard InChI is InChI=1S/C21H26N4O3S/c1-5-12-24(13-6-2)19(27)15-29-14-18(26)22-20-16(3)23(4)25(21(20)28)17-10-8-7-9-11-17/h5-11H,1-2,12-15H2,3-4H3,(H,22,26). The Kier molecular flexibility index (Phi) is 8.09. The molecule has 0 saturated heterocycles. The van der Waals surface area contributed by atoms with Gasteiger partial charge in [-0.1, -0.05) is 30.4 Å². The molecular formula is C21H26N4O3S. The lowest BCUT2D eigenvalue weighted by Gasteiger charge is -2.18. The van der Waals surface area contributed by atoms with E-state index in [2.05, 4.69) is 18.5 Å². The zero-order valence-corrected chi connectivity index (χ0v) is 17.6. The van der Waals surface area contributed by atoms with Gasteiger partial charge in [0.25, 0.3) is 5.56 Å². The van der Waals surface area contributed by atoms with E-state index in [1.54, 1.807) is 35.7 Å². The van der Waals surface area contributed by atoms with Crippen LogP contribution in [0.15, 0.2) is 60.4 Å². The Hall–Kier alpha value is -3.00. The average Bonchev–Trinajstić information content (AvgIpc) is 2.91. The number of nitrogens with one attached hydrogen (secondary N) is 1. The van der Waals surface area contributed by atoms with Gasteiger partial charge in [0, 0.05) is 20.1 Å². The molecule has 8 heteroatoms. The second kappa shape index (κ2) is 10.5. The van der Waals surface area contributed by atoms with Gasteiger partial charge in [0.2, 0.25) is 11.8 Å². The van der Waals surface area contributed by atoms with Crippen molar-refractivity contribution in [1.82, 2.24) is 14.3 Å². The van der Waals surface area contributed by atoms with Crippen LogP contribution >= 0.6 is 11.8 Å². The molecule has 0 aliphatic heterocycles. The summed E-state index contributed by atoms with van der Waals surface area (Å²) >= 11 is 1.20. The van der Waals surface area contributed by atoms with E-state index in [1.165, 1.54) is 16.4 Å². The summed E-state index contributed by atoms with van der Waals surface area (Å²) in [4.78, 5) is 38.9. The van der Waals surface area contributed by atoms with Crippen molar-refractivity contribution in [3.8, 4) is 5.69 Å². The molecule has 2 amide bonds. The zero-order chi connectivity index (χ0) is 21.4. The largest absolute Gasteiger partial charge is 0.335 e. The Morgan fingerprint density at radius 1 is 1.14 bits per heavy atom. The third-order valence-electron chi connectivity index (χ3n) is 4.33. The lowest BCUT2D eigenvalue weighted by atomic mass is 10.3. The fourth-order valence-electron chi connectivity index (χ4n) is 2.80. The first-order valence-electron chi connectivity index (χ1n) is 9.11. The highest BCUT2D eigenvalue weighted by Gasteiger charge is 2.18. The summed E-state index contributed by atoms with van der Waals surface area (Å²) in [6, 6.07) is 9.21. The molecule has 0 unspecified atom stereocenters. The van der Waals surface area contributed by atoms with E-state index < -0.39 is 0 Å². The number of para-hydroxylation sites is 1. The predicted molar refractivity (Wildman–Crippen MR) is 119 cm³/mol. The Morgan fingerprint density at radius 3 is 2.34 bits per heavy atom. The van der Waals surface area contributed by atoms with E-state index in [4.69, 9.17) is 0 Å². The van der Waals surface area contributed by atoms with E-state index in [0.717, 1.165) is 0 Å². The molecule has 0 atom stereocenters. The number of aromatic nitrogens is 2. The minimum Gasteiger partial charge on any atom is -0.335 e. The smallest absolute Gasteiger partial charge is 0.295 e. The van der Waals surface area contributed by atoms with Crippen LogP contribution in [0.5, 0.6) is 0 Å². The fourth-order valence-corrected chi connectivity index (χ4v) is 3.52. The van der Waals surface area contributed by atoms with E-state index in [0.29, 0.717) is 24.5 Å². The van der Waals surface area contributed by atoms with Crippen molar-refractivity contribution in [3.05, 3.63) is 71.7 Å². The maximum atomic E-state index is 12.8. The number of carbonyl (C=O) groups excluding carboxylic acids is 2. The number of carbonyl (C=O) groups is 2. The van der Waals surface area contributed by atoms with E-state index in [-0.39, 0.29) is 34.6 Å². The normalized spacial score (nSPS) is 10.4. The Bertz CT molecular complexity index is 937. The van der Waals surface area contributed by atoms with Crippen LogP contribution in [0.4, 0.5) is 5.69 Å². The third kappa shape index (κ3) is 5.51. The number of hydrogen-bond acceptors (Lipinski definition) is 4. The minimum atomic E-state index is -0.326. The van der Waals surface area contributed by atoms with Crippen LogP contribution in [0, 0.1) is 6.92 Å². The first-order valence-corrected chi connectivity index (χ1v) is 10.3. The van der Waals surface area contributed by atoms with E-state index in [9.17, 15) is 14.4 Å². The number of anilines is 1. The van der Waals surface area contributed by atoms with Gasteiger partial charge in [-0.2, -0.15) is 0 Å². The second-order valence-electron chi connectivity index (χ2n) is 6.35. The van der Waals surface area contributed by atoms with E-state index >= 15 is 0 Å². The molecule has 0 aliphatic rings. The molecule has 1 heterocycles. The number of thioether (sulfide) groups is 1. The summed E-state index contributed by atoms with van der Waals surface area (Å²) in [5.74, 6) is -0.185. The van der Waals surface area contributed by atoms with Gasteiger partial charge in [-0.05, 0) is 19.1 Å². The third-order valence-corrected chi connectivity index (χ3v) is 5.25. The molecule has 0 saturated carbocycles. The number of rotatable bonds is 10.